The number of aliphatic hydroxyl groups is 1. The van der Waals surface area contributed by atoms with Crippen LogP contribution in [0.1, 0.15) is 73.4 Å². The van der Waals surface area contributed by atoms with Gasteiger partial charge in [-0.25, -0.2) is 13.1 Å². The zero-order chi connectivity index (χ0) is 29.9. The molecule has 43 heavy (non-hydrogen) atoms. The number of nitrogens with one attached hydrogen (secondary N) is 1. The van der Waals surface area contributed by atoms with Gasteiger partial charge in [-0.15, -0.1) is 0 Å². The van der Waals surface area contributed by atoms with Gasteiger partial charge < -0.3 is 14.7 Å². The van der Waals surface area contributed by atoms with Gasteiger partial charge in [0, 0.05) is 29.1 Å². The number of carbonyl (C=O) groups excluding carboxylic acids is 1. The van der Waals surface area contributed by atoms with E-state index in [0.717, 1.165) is 62.2 Å². The number of sulfonamides is 1. The Hall–Kier alpha value is -2.55. The van der Waals surface area contributed by atoms with Gasteiger partial charge in [0.25, 0.3) is 5.91 Å². The van der Waals surface area contributed by atoms with Gasteiger partial charge in [-0.1, -0.05) is 29.8 Å². The van der Waals surface area contributed by atoms with Crippen LogP contribution in [0.25, 0.3) is 0 Å². The van der Waals surface area contributed by atoms with Crippen molar-refractivity contribution < 1.29 is 23.1 Å². The van der Waals surface area contributed by atoms with Crippen molar-refractivity contribution in [2.45, 2.75) is 75.1 Å². The first-order chi connectivity index (χ1) is 20.6. The van der Waals surface area contributed by atoms with E-state index < -0.39 is 27.3 Å². The highest BCUT2D eigenvalue weighted by Crippen LogP contribution is 2.47. The number of benzene rings is 2. The fourth-order valence-electron chi connectivity index (χ4n) is 8.13. The summed E-state index contributed by atoms with van der Waals surface area (Å²) in [5.41, 5.74) is 3.37. The predicted molar refractivity (Wildman–Crippen MR) is 168 cm³/mol. The van der Waals surface area contributed by atoms with Gasteiger partial charge in [0.1, 0.15) is 5.75 Å². The van der Waals surface area contributed by atoms with E-state index in [4.69, 9.17) is 16.3 Å². The fraction of sp³-hybridized carbons (Fsp3) is 0.559. The van der Waals surface area contributed by atoms with Crippen LogP contribution in [0.15, 0.2) is 48.6 Å². The Labute approximate surface area is 259 Å². The number of allylic oxidation sites excluding steroid dienone is 1. The van der Waals surface area contributed by atoms with Crippen LogP contribution < -0.4 is 14.4 Å². The Balaban J connectivity index is 1.28. The van der Waals surface area contributed by atoms with Crippen LogP contribution in [0, 0.1) is 23.7 Å². The van der Waals surface area contributed by atoms with E-state index in [2.05, 4.69) is 21.8 Å². The highest BCUT2D eigenvalue weighted by molar-refractivity contribution is 7.90. The second kappa shape index (κ2) is 11.1. The largest absolute Gasteiger partial charge is 0.490 e. The quantitative estimate of drug-likeness (QED) is 0.399. The Morgan fingerprint density at radius 2 is 1.88 bits per heavy atom. The lowest BCUT2D eigenvalue weighted by Gasteiger charge is -2.45. The van der Waals surface area contributed by atoms with E-state index in [1.165, 1.54) is 11.1 Å². The zero-order valence-electron chi connectivity index (χ0n) is 24.7. The highest BCUT2D eigenvalue weighted by Gasteiger charge is 2.45. The topological polar surface area (TPSA) is 95.9 Å². The number of anilines is 1. The number of halogens is 1. The molecule has 9 heteroatoms. The average Bonchev–Trinajstić information content (AvgIpc) is 3.81. The number of amides is 1. The molecular formula is C34H41ClN2O5S. The third-order valence-electron chi connectivity index (χ3n) is 11.0. The second-order valence-electron chi connectivity index (χ2n) is 13.6. The third-order valence-corrected chi connectivity index (χ3v) is 13.0. The minimum Gasteiger partial charge on any atom is -0.490 e. The molecule has 2 N–H and O–H groups in total. The molecule has 1 amide bonds. The van der Waals surface area contributed by atoms with E-state index in [1.54, 1.807) is 19.1 Å². The summed E-state index contributed by atoms with van der Waals surface area (Å²) in [5.74, 6) is 0.735. The van der Waals surface area contributed by atoms with Gasteiger partial charge in [0.15, 0.2) is 0 Å². The van der Waals surface area contributed by atoms with Gasteiger partial charge in [0.05, 0.1) is 23.6 Å². The Bertz CT molecular complexity index is 1560. The summed E-state index contributed by atoms with van der Waals surface area (Å²) in [5, 5.41) is 11.3. The van der Waals surface area contributed by atoms with Gasteiger partial charge in [-0.05, 0) is 123 Å². The summed E-state index contributed by atoms with van der Waals surface area (Å²) < 4.78 is 35.9. The maximum absolute atomic E-state index is 13.5. The third kappa shape index (κ3) is 5.48. The summed E-state index contributed by atoms with van der Waals surface area (Å²) in [6.45, 7) is 3.63. The molecule has 1 unspecified atom stereocenters. The molecule has 2 aromatic rings. The van der Waals surface area contributed by atoms with E-state index in [-0.39, 0.29) is 17.3 Å². The maximum Gasteiger partial charge on any atom is 0.264 e. The molecule has 0 aromatic heterocycles. The molecule has 2 aromatic carbocycles. The Morgan fingerprint density at radius 1 is 1.07 bits per heavy atom. The lowest BCUT2D eigenvalue weighted by molar-refractivity contribution is 0.0455. The summed E-state index contributed by atoms with van der Waals surface area (Å²) in [7, 11) is -3.92. The molecule has 7 nitrogen and oxygen atoms in total. The minimum absolute atomic E-state index is 0.0979. The molecule has 0 saturated heterocycles. The molecule has 2 bridgehead atoms. The van der Waals surface area contributed by atoms with E-state index >= 15 is 0 Å². The van der Waals surface area contributed by atoms with Crippen molar-refractivity contribution in [3.8, 4) is 5.75 Å². The number of rotatable bonds is 1. The predicted octanol–water partition coefficient (Wildman–Crippen LogP) is 5.63. The number of aryl methyl sites for hydroxylation is 1. The summed E-state index contributed by atoms with van der Waals surface area (Å²) >= 11 is 6.40. The number of fused-ring (bicyclic) bond motifs is 4. The van der Waals surface area contributed by atoms with E-state index in [0.29, 0.717) is 42.7 Å². The van der Waals surface area contributed by atoms with Crippen LogP contribution in [-0.2, 0) is 21.9 Å². The van der Waals surface area contributed by atoms with Crippen molar-refractivity contribution in [3.05, 3.63) is 70.3 Å². The average molecular weight is 625 g/mol. The molecule has 2 heterocycles. The van der Waals surface area contributed by atoms with Crippen molar-refractivity contribution in [2.75, 3.05) is 24.6 Å². The van der Waals surface area contributed by atoms with Crippen molar-refractivity contribution in [3.63, 3.8) is 0 Å². The summed E-state index contributed by atoms with van der Waals surface area (Å²) in [6, 6.07) is 11.5. The monoisotopic (exact) mass is 624 g/mol. The number of nitrogens with zero attached hydrogens (tertiary/aromatic N) is 1. The van der Waals surface area contributed by atoms with Crippen molar-refractivity contribution in [2.24, 2.45) is 23.7 Å². The number of aliphatic hydroxyl groups excluding tert-OH is 1. The SMILES string of the molecule is C[C@H]1C(C2CC2)C/C=C/[C@H](O)[C@@H]2CC[C@H]2CN2C[C@@]3(CCCc4cc(Cl)ccc43)COc3ccc(cc32)C(=O)NS1(=O)=O. The molecule has 6 atom stereocenters. The normalized spacial score (nSPS) is 34.5. The summed E-state index contributed by atoms with van der Waals surface area (Å²) in [6.07, 6.45) is 10.8. The molecule has 3 aliphatic carbocycles. The van der Waals surface area contributed by atoms with Crippen LogP contribution in [0.5, 0.6) is 5.75 Å². The molecule has 5 aliphatic rings. The molecule has 2 fully saturated rings. The lowest BCUT2D eigenvalue weighted by Crippen LogP contribution is -2.49. The second-order valence-corrected chi connectivity index (χ2v) is 16.1. The molecule has 230 valence electrons. The summed E-state index contributed by atoms with van der Waals surface area (Å²) in [4.78, 5) is 15.8. The van der Waals surface area contributed by atoms with Gasteiger partial charge in [0.2, 0.25) is 10.0 Å². The van der Waals surface area contributed by atoms with Crippen LogP contribution in [0.2, 0.25) is 5.02 Å². The zero-order valence-corrected chi connectivity index (χ0v) is 26.2. The highest BCUT2D eigenvalue weighted by atomic mass is 35.5. The minimum atomic E-state index is -3.92. The van der Waals surface area contributed by atoms with Crippen molar-refractivity contribution in [1.82, 2.24) is 4.72 Å². The Kier molecular flexibility index (Phi) is 7.54. The maximum atomic E-state index is 13.5. The van der Waals surface area contributed by atoms with Crippen LogP contribution in [-0.4, -0.2) is 50.5 Å². The standard InChI is InChI=1S/C34H41ClN2O5S/c1-21-27(22-7-8-22)5-2-6-31(38)28-12-9-25(28)18-37-19-34(15-3-4-23-16-26(35)11-13-29(23)34)20-42-32-14-10-24(17-30(32)37)33(39)36-43(21,40)41/h2,6,10-11,13-14,16-17,21-22,25,27-28,31,38H,3-5,7-9,12,15,18-20H2,1H3,(H,36,39)/b6-2+/t21-,25-,27?,28+,31-,34-/m0/s1. The molecular weight excluding hydrogens is 584 g/mol. The van der Waals surface area contributed by atoms with Gasteiger partial charge in [-0.2, -0.15) is 0 Å². The van der Waals surface area contributed by atoms with Crippen LogP contribution >= 0.6 is 11.6 Å². The molecule has 1 spiro atoms. The molecule has 2 saturated carbocycles. The van der Waals surface area contributed by atoms with Crippen molar-refractivity contribution in [1.29, 1.82) is 0 Å². The van der Waals surface area contributed by atoms with E-state index in [1.807, 2.05) is 24.3 Å². The molecule has 0 radical (unpaired) electrons. The van der Waals surface area contributed by atoms with Crippen LogP contribution in [0.4, 0.5) is 5.69 Å². The van der Waals surface area contributed by atoms with Gasteiger partial charge in [-0.3, -0.25) is 4.79 Å². The van der Waals surface area contributed by atoms with Crippen molar-refractivity contribution >= 4 is 33.2 Å². The first-order valence-electron chi connectivity index (χ1n) is 15.8. The molecule has 7 rings (SSSR count). The smallest absolute Gasteiger partial charge is 0.264 e. The number of hydrogen-bond acceptors (Lipinski definition) is 6. The lowest BCUT2D eigenvalue weighted by atomic mass is 9.68. The fourth-order valence-corrected chi connectivity index (χ4v) is 9.68. The van der Waals surface area contributed by atoms with Crippen LogP contribution in [0.3, 0.4) is 0 Å². The number of carbonyl (C=O) groups is 1. The number of hydrogen-bond donors (Lipinski definition) is 2. The van der Waals surface area contributed by atoms with Gasteiger partial charge >= 0.3 is 0 Å². The number of ether oxygens (including phenoxy) is 1. The first kappa shape index (κ1) is 29.2. The molecule has 2 aliphatic heterocycles. The first-order valence-corrected chi connectivity index (χ1v) is 17.8. The Morgan fingerprint density at radius 3 is 2.65 bits per heavy atom. The van der Waals surface area contributed by atoms with E-state index in [9.17, 15) is 18.3 Å².